The first kappa shape index (κ1) is 14.5. The quantitative estimate of drug-likeness (QED) is 0.779. The van der Waals surface area contributed by atoms with Gasteiger partial charge in [0.2, 0.25) is 11.8 Å². The highest BCUT2D eigenvalue weighted by Gasteiger charge is 2.57. The van der Waals surface area contributed by atoms with Crippen LogP contribution in [-0.4, -0.2) is 43.0 Å². The fraction of sp³-hybridized carbons (Fsp3) is 0.800. The minimum atomic E-state index is -0.981. The molecule has 0 bridgehead atoms. The third-order valence-electron chi connectivity index (χ3n) is 5.30. The Morgan fingerprint density at radius 1 is 1.14 bits per heavy atom. The zero-order chi connectivity index (χ0) is 15.1. The largest absolute Gasteiger partial charge is 0.385 e. The summed E-state index contributed by atoms with van der Waals surface area (Å²) in [6, 6.07) is -0.550. The Morgan fingerprint density at radius 2 is 1.81 bits per heavy atom. The fourth-order valence-electron chi connectivity index (χ4n) is 3.61. The van der Waals surface area contributed by atoms with Gasteiger partial charge < -0.3 is 4.74 Å². The molecule has 0 aromatic heterocycles. The van der Waals surface area contributed by atoms with Crippen molar-refractivity contribution >= 4 is 17.8 Å². The van der Waals surface area contributed by atoms with Gasteiger partial charge in [0.25, 0.3) is 0 Å². The van der Waals surface area contributed by atoms with Gasteiger partial charge in [0.1, 0.15) is 5.41 Å². The first-order valence-corrected chi connectivity index (χ1v) is 7.69. The summed E-state index contributed by atoms with van der Waals surface area (Å²) in [5.41, 5.74) is -0.978. The maximum atomic E-state index is 12.8. The minimum Gasteiger partial charge on any atom is -0.385 e. The molecule has 116 valence electrons. The third-order valence-corrected chi connectivity index (χ3v) is 5.30. The first-order chi connectivity index (χ1) is 10.0. The number of imide groups is 2. The number of urea groups is 1. The van der Waals surface area contributed by atoms with Crippen LogP contribution in [0.5, 0.6) is 0 Å². The number of nitrogens with zero attached hydrogens (tertiary/aromatic N) is 1. The molecule has 0 radical (unpaired) electrons. The minimum absolute atomic E-state index is 0.00317. The van der Waals surface area contributed by atoms with E-state index in [0.29, 0.717) is 26.0 Å². The molecule has 6 heteroatoms. The predicted octanol–water partition coefficient (Wildman–Crippen LogP) is 1.44. The number of ether oxygens (including phenoxy) is 1. The number of hydrogen-bond donors (Lipinski definition) is 1. The lowest BCUT2D eigenvalue weighted by Gasteiger charge is -2.38. The molecule has 3 aliphatic rings. The van der Waals surface area contributed by atoms with Gasteiger partial charge in [-0.1, -0.05) is 12.8 Å². The summed E-state index contributed by atoms with van der Waals surface area (Å²) in [6.45, 7) is 1.05. The van der Waals surface area contributed by atoms with Gasteiger partial charge in [-0.2, -0.15) is 0 Å². The highest BCUT2D eigenvalue weighted by atomic mass is 16.5. The van der Waals surface area contributed by atoms with E-state index in [1.807, 2.05) is 0 Å². The van der Waals surface area contributed by atoms with E-state index in [4.69, 9.17) is 4.74 Å². The summed E-state index contributed by atoms with van der Waals surface area (Å²) in [7, 11) is 1.65. The lowest BCUT2D eigenvalue weighted by molar-refractivity contribution is -0.151. The van der Waals surface area contributed by atoms with Gasteiger partial charge in [-0.25, -0.2) is 4.79 Å². The second-order valence-electron chi connectivity index (χ2n) is 6.68. The Bertz CT molecular complexity index is 478. The summed E-state index contributed by atoms with van der Waals surface area (Å²) in [4.78, 5) is 38.3. The number of carbonyl (C=O) groups is 3. The average Bonchev–Trinajstić information content (AvgIpc) is 3.04. The molecule has 21 heavy (non-hydrogen) atoms. The number of hydrogen-bond acceptors (Lipinski definition) is 4. The van der Waals surface area contributed by atoms with E-state index in [2.05, 4.69) is 5.32 Å². The van der Waals surface area contributed by atoms with Gasteiger partial charge >= 0.3 is 6.03 Å². The van der Waals surface area contributed by atoms with Gasteiger partial charge in [0.05, 0.1) is 0 Å². The van der Waals surface area contributed by atoms with Crippen molar-refractivity contribution in [1.82, 2.24) is 10.2 Å². The Balaban J connectivity index is 1.76. The zero-order valence-corrected chi connectivity index (χ0v) is 12.4. The molecule has 0 aromatic carbocycles. The summed E-state index contributed by atoms with van der Waals surface area (Å²) in [6.07, 6.45) is 5.73. The molecule has 3 rings (SSSR count). The summed E-state index contributed by atoms with van der Waals surface area (Å²) >= 11 is 0. The first-order valence-electron chi connectivity index (χ1n) is 7.69. The van der Waals surface area contributed by atoms with Crippen LogP contribution in [0.3, 0.4) is 0 Å². The SMILES string of the molecule is COCCC1(CN2C(=O)NC(=O)C3(CCCC3)C2=O)CC1. The van der Waals surface area contributed by atoms with Crippen LogP contribution in [0.1, 0.15) is 44.9 Å². The van der Waals surface area contributed by atoms with E-state index >= 15 is 0 Å². The van der Waals surface area contributed by atoms with E-state index in [9.17, 15) is 14.4 Å². The van der Waals surface area contributed by atoms with Crippen LogP contribution in [0, 0.1) is 10.8 Å². The van der Waals surface area contributed by atoms with Crippen molar-refractivity contribution in [2.75, 3.05) is 20.3 Å². The monoisotopic (exact) mass is 294 g/mol. The molecule has 0 aromatic rings. The summed E-state index contributed by atoms with van der Waals surface area (Å²) < 4.78 is 5.11. The summed E-state index contributed by atoms with van der Waals surface area (Å²) in [5, 5.41) is 2.39. The Hall–Kier alpha value is -1.43. The van der Waals surface area contributed by atoms with E-state index in [-0.39, 0.29) is 11.3 Å². The van der Waals surface area contributed by atoms with E-state index in [1.165, 1.54) is 4.90 Å². The molecule has 4 amide bonds. The van der Waals surface area contributed by atoms with Gasteiger partial charge in [-0.15, -0.1) is 0 Å². The molecular weight excluding hydrogens is 272 g/mol. The Morgan fingerprint density at radius 3 is 2.38 bits per heavy atom. The number of amides is 4. The second kappa shape index (κ2) is 5.09. The van der Waals surface area contributed by atoms with Crippen LogP contribution in [0.25, 0.3) is 0 Å². The van der Waals surface area contributed by atoms with Gasteiger partial charge in [0, 0.05) is 20.3 Å². The molecule has 6 nitrogen and oxygen atoms in total. The number of methoxy groups -OCH3 is 1. The van der Waals surface area contributed by atoms with E-state index < -0.39 is 17.4 Å². The molecule has 2 saturated carbocycles. The topological polar surface area (TPSA) is 75.7 Å². The average molecular weight is 294 g/mol. The van der Waals surface area contributed by atoms with Crippen molar-refractivity contribution in [1.29, 1.82) is 0 Å². The van der Waals surface area contributed by atoms with Crippen molar-refractivity contribution in [3.8, 4) is 0 Å². The smallest absolute Gasteiger partial charge is 0.330 e. The van der Waals surface area contributed by atoms with Crippen LogP contribution in [0.4, 0.5) is 4.79 Å². The van der Waals surface area contributed by atoms with Crippen molar-refractivity contribution < 1.29 is 19.1 Å². The van der Waals surface area contributed by atoms with Crippen LogP contribution in [0.2, 0.25) is 0 Å². The highest BCUT2D eigenvalue weighted by Crippen LogP contribution is 2.51. The lowest BCUT2D eigenvalue weighted by Crippen LogP contribution is -2.63. The standard InChI is InChI=1S/C15H22N2O4/c1-21-9-8-14(6-7-14)10-17-12(19)15(4-2-3-5-15)11(18)16-13(17)20/h2-10H2,1H3,(H,16,18,20). The molecule has 1 spiro atoms. The van der Waals surface area contributed by atoms with Crippen molar-refractivity contribution in [3.63, 3.8) is 0 Å². The van der Waals surface area contributed by atoms with Crippen LogP contribution >= 0.6 is 0 Å². The molecule has 1 saturated heterocycles. The fourth-order valence-corrected chi connectivity index (χ4v) is 3.61. The predicted molar refractivity (Wildman–Crippen MR) is 74.3 cm³/mol. The molecule has 1 aliphatic heterocycles. The maximum absolute atomic E-state index is 12.8. The number of rotatable bonds is 5. The van der Waals surface area contributed by atoms with Gasteiger partial charge in [-0.05, 0) is 37.5 Å². The molecule has 1 N–H and O–H groups in total. The molecular formula is C15H22N2O4. The van der Waals surface area contributed by atoms with Crippen LogP contribution < -0.4 is 5.32 Å². The molecule has 1 heterocycles. The number of nitrogens with one attached hydrogen (secondary N) is 1. The summed E-state index contributed by atoms with van der Waals surface area (Å²) in [5.74, 6) is -0.676. The Kier molecular flexibility index (Phi) is 3.51. The van der Waals surface area contributed by atoms with E-state index in [1.54, 1.807) is 7.11 Å². The van der Waals surface area contributed by atoms with Crippen LogP contribution in [-0.2, 0) is 14.3 Å². The van der Waals surface area contributed by atoms with E-state index in [0.717, 1.165) is 32.1 Å². The van der Waals surface area contributed by atoms with Crippen molar-refractivity contribution in [2.24, 2.45) is 10.8 Å². The third kappa shape index (κ3) is 2.35. The molecule has 3 fully saturated rings. The Labute approximate surface area is 124 Å². The van der Waals surface area contributed by atoms with Gasteiger partial charge in [-0.3, -0.25) is 19.8 Å². The zero-order valence-electron chi connectivity index (χ0n) is 12.4. The van der Waals surface area contributed by atoms with Gasteiger partial charge in [0.15, 0.2) is 0 Å². The second-order valence-corrected chi connectivity index (χ2v) is 6.68. The highest BCUT2D eigenvalue weighted by molar-refractivity contribution is 6.19. The molecule has 0 unspecified atom stereocenters. The van der Waals surface area contributed by atoms with Crippen LogP contribution in [0.15, 0.2) is 0 Å². The normalized spacial score (nSPS) is 26.3. The maximum Gasteiger partial charge on any atom is 0.330 e. The van der Waals surface area contributed by atoms with Crippen molar-refractivity contribution in [2.45, 2.75) is 44.9 Å². The lowest BCUT2D eigenvalue weighted by atomic mass is 9.81. The number of barbiturate groups is 1. The number of carbonyl (C=O) groups excluding carboxylic acids is 3. The van der Waals surface area contributed by atoms with Crippen molar-refractivity contribution in [3.05, 3.63) is 0 Å². The molecule has 0 atom stereocenters. The molecule has 2 aliphatic carbocycles.